The normalized spacial score (nSPS) is 9.50. The molecule has 0 aliphatic heterocycles. The lowest BCUT2D eigenvalue weighted by Crippen LogP contribution is -2.29. The van der Waals surface area contributed by atoms with Gasteiger partial charge in [0.15, 0.2) is 0 Å². The summed E-state index contributed by atoms with van der Waals surface area (Å²) in [7, 11) is 0. The summed E-state index contributed by atoms with van der Waals surface area (Å²) in [5, 5.41) is 10.4. The number of alkyl carbamates (subject to hydrolysis) is 1. The van der Waals surface area contributed by atoms with Crippen LogP contribution in [-0.4, -0.2) is 23.7 Å². The van der Waals surface area contributed by atoms with Crippen molar-refractivity contribution in [2.45, 2.75) is 6.61 Å². The summed E-state index contributed by atoms with van der Waals surface area (Å²) in [4.78, 5) is 21.1. The number of carboxylic acid groups (broad SMARTS) is 1. The minimum absolute atomic E-state index is 0.0751. The molecule has 1 amide bonds. The number of carboxylic acids is 1. The summed E-state index contributed by atoms with van der Waals surface area (Å²) in [6, 6.07) is 6.82. The zero-order chi connectivity index (χ0) is 12.0. The van der Waals surface area contributed by atoms with Crippen LogP contribution >= 0.6 is 0 Å². The number of aliphatic carboxylic acids is 1. The van der Waals surface area contributed by atoms with Crippen molar-refractivity contribution >= 4 is 17.7 Å². The second kappa shape index (κ2) is 5.59. The zero-order valence-corrected chi connectivity index (χ0v) is 8.47. The van der Waals surface area contributed by atoms with Gasteiger partial charge in [0.2, 0.25) is 0 Å². The molecule has 1 aromatic carbocycles. The second-order valence-electron chi connectivity index (χ2n) is 3.07. The Bertz CT molecular complexity index is 375. The number of carbonyl (C=O) groups is 2. The lowest BCUT2D eigenvalue weighted by molar-refractivity contribution is -0.135. The molecule has 0 spiro atoms. The van der Waals surface area contributed by atoms with Gasteiger partial charge in [-0.15, -0.1) is 0 Å². The van der Waals surface area contributed by atoms with Crippen LogP contribution in [0.15, 0.2) is 24.3 Å². The number of rotatable bonds is 4. The Morgan fingerprint density at radius 3 is 2.50 bits per heavy atom. The SMILES string of the molecule is Nc1ccc(COC(=O)NCC(=O)O)cc1. The first-order valence-corrected chi connectivity index (χ1v) is 4.55. The molecule has 0 saturated carbocycles. The van der Waals surface area contributed by atoms with Gasteiger partial charge < -0.3 is 20.9 Å². The summed E-state index contributed by atoms with van der Waals surface area (Å²) in [6.07, 6.45) is -0.765. The quantitative estimate of drug-likeness (QED) is 0.649. The molecule has 1 aromatic rings. The molecule has 0 heterocycles. The fraction of sp³-hybridized carbons (Fsp3) is 0.200. The molecule has 6 nitrogen and oxygen atoms in total. The molecule has 0 unspecified atom stereocenters. The molecule has 86 valence electrons. The smallest absolute Gasteiger partial charge is 0.407 e. The summed E-state index contributed by atoms with van der Waals surface area (Å²) >= 11 is 0. The maximum Gasteiger partial charge on any atom is 0.407 e. The highest BCUT2D eigenvalue weighted by molar-refractivity contribution is 5.76. The van der Waals surface area contributed by atoms with E-state index in [1.54, 1.807) is 24.3 Å². The van der Waals surface area contributed by atoms with Crippen molar-refractivity contribution in [3.63, 3.8) is 0 Å². The van der Waals surface area contributed by atoms with Crippen molar-refractivity contribution in [1.82, 2.24) is 5.32 Å². The van der Waals surface area contributed by atoms with E-state index in [0.29, 0.717) is 5.69 Å². The average molecular weight is 224 g/mol. The first kappa shape index (κ1) is 11.8. The molecule has 0 aliphatic carbocycles. The number of hydrogen-bond donors (Lipinski definition) is 3. The fourth-order valence-corrected chi connectivity index (χ4v) is 0.962. The van der Waals surface area contributed by atoms with Crippen LogP contribution < -0.4 is 11.1 Å². The molecule has 0 bridgehead atoms. The average Bonchev–Trinajstić information content (AvgIpc) is 2.25. The molecule has 0 saturated heterocycles. The van der Waals surface area contributed by atoms with Gasteiger partial charge in [-0.25, -0.2) is 4.79 Å². The van der Waals surface area contributed by atoms with Gasteiger partial charge in [-0.3, -0.25) is 4.79 Å². The molecule has 0 fully saturated rings. The Hall–Kier alpha value is -2.24. The lowest BCUT2D eigenvalue weighted by Gasteiger charge is -2.05. The molecule has 6 heteroatoms. The summed E-state index contributed by atoms with van der Waals surface area (Å²) in [5.74, 6) is -1.12. The van der Waals surface area contributed by atoms with Crippen LogP contribution in [0.3, 0.4) is 0 Å². The van der Waals surface area contributed by atoms with Crippen molar-refractivity contribution in [1.29, 1.82) is 0 Å². The third-order valence-corrected chi connectivity index (χ3v) is 1.73. The van der Waals surface area contributed by atoms with E-state index >= 15 is 0 Å². The van der Waals surface area contributed by atoms with E-state index in [1.807, 2.05) is 0 Å². The molecule has 0 atom stereocenters. The number of benzene rings is 1. The number of carbonyl (C=O) groups excluding carboxylic acids is 1. The molecule has 16 heavy (non-hydrogen) atoms. The van der Waals surface area contributed by atoms with Crippen molar-refractivity contribution in [2.75, 3.05) is 12.3 Å². The Morgan fingerprint density at radius 2 is 1.94 bits per heavy atom. The number of hydrogen-bond acceptors (Lipinski definition) is 4. The third-order valence-electron chi connectivity index (χ3n) is 1.73. The van der Waals surface area contributed by atoms with Crippen LogP contribution in [0.4, 0.5) is 10.5 Å². The predicted molar refractivity (Wildman–Crippen MR) is 56.7 cm³/mol. The minimum atomic E-state index is -1.12. The third kappa shape index (κ3) is 4.32. The summed E-state index contributed by atoms with van der Waals surface area (Å²) < 4.78 is 4.76. The predicted octanol–water partition coefficient (Wildman–Crippen LogP) is 0.580. The monoisotopic (exact) mass is 224 g/mol. The molecule has 4 N–H and O–H groups in total. The Labute approximate surface area is 92.0 Å². The zero-order valence-electron chi connectivity index (χ0n) is 8.47. The van der Waals surface area contributed by atoms with E-state index in [0.717, 1.165) is 5.56 Å². The largest absolute Gasteiger partial charge is 0.480 e. The second-order valence-corrected chi connectivity index (χ2v) is 3.07. The fourth-order valence-electron chi connectivity index (χ4n) is 0.962. The highest BCUT2D eigenvalue weighted by atomic mass is 16.5. The Kier molecular flexibility index (Phi) is 4.14. The van der Waals surface area contributed by atoms with Crippen molar-refractivity contribution in [3.8, 4) is 0 Å². The van der Waals surface area contributed by atoms with Gasteiger partial charge in [0.25, 0.3) is 0 Å². The Morgan fingerprint density at radius 1 is 1.31 bits per heavy atom. The van der Waals surface area contributed by atoms with E-state index < -0.39 is 18.6 Å². The maximum absolute atomic E-state index is 11.0. The van der Waals surface area contributed by atoms with E-state index in [2.05, 4.69) is 5.32 Å². The number of anilines is 1. The maximum atomic E-state index is 11.0. The van der Waals surface area contributed by atoms with E-state index in [1.165, 1.54) is 0 Å². The molecule has 0 aromatic heterocycles. The van der Waals surface area contributed by atoms with Crippen LogP contribution in [-0.2, 0) is 16.1 Å². The van der Waals surface area contributed by atoms with Crippen LogP contribution in [0.1, 0.15) is 5.56 Å². The number of nitrogens with one attached hydrogen (secondary N) is 1. The van der Waals surface area contributed by atoms with E-state index in [9.17, 15) is 9.59 Å². The molecule has 0 aliphatic rings. The first-order chi connectivity index (χ1) is 7.58. The van der Waals surface area contributed by atoms with Gasteiger partial charge in [0, 0.05) is 5.69 Å². The number of nitrogens with two attached hydrogens (primary N) is 1. The first-order valence-electron chi connectivity index (χ1n) is 4.55. The molecular formula is C10H12N2O4. The lowest BCUT2D eigenvalue weighted by atomic mass is 10.2. The van der Waals surface area contributed by atoms with Crippen LogP contribution in [0.2, 0.25) is 0 Å². The van der Waals surface area contributed by atoms with Gasteiger partial charge in [0.05, 0.1) is 0 Å². The van der Waals surface area contributed by atoms with Crippen molar-refractivity contribution in [2.24, 2.45) is 0 Å². The number of amides is 1. The van der Waals surface area contributed by atoms with Crippen molar-refractivity contribution in [3.05, 3.63) is 29.8 Å². The van der Waals surface area contributed by atoms with E-state index in [4.69, 9.17) is 15.6 Å². The highest BCUT2D eigenvalue weighted by Crippen LogP contribution is 2.06. The van der Waals surface area contributed by atoms with Gasteiger partial charge in [-0.05, 0) is 17.7 Å². The summed E-state index contributed by atoms with van der Waals surface area (Å²) in [6.45, 7) is -0.383. The minimum Gasteiger partial charge on any atom is -0.480 e. The molecule has 0 radical (unpaired) electrons. The Balaban J connectivity index is 2.31. The molecular weight excluding hydrogens is 212 g/mol. The van der Waals surface area contributed by atoms with Gasteiger partial charge in [0.1, 0.15) is 13.2 Å². The highest BCUT2D eigenvalue weighted by Gasteiger charge is 2.04. The number of ether oxygens (including phenoxy) is 1. The van der Waals surface area contributed by atoms with Gasteiger partial charge in [-0.2, -0.15) is 0 Å². The topological polar surface area (TPSA) is 102 Å². The van der Waals surface area contributed by atoms with Crippen LogP contribution in [0.5, 0.6) is 0 Å². The summed E-state index contributed by atoms with van der Waals surface area (Å²) in [5.41, 5.74) is 6.88. The van der Waals surface area contributed by atoms with Gasteiger partial charge >= 0.3 is 12.1 Å². The standard InChI is InChI=1S/C10H12N2O4/c11-8-3-1-7(2-4-8)6-16-10(15)12-5-9(13)14/h1-4H,5-6,11H2,(H,12,15)(H,13,14). The van der Waals surface area contributed by atoms with Crippen LogP contribution in [0, 0.1) is 0 Å². The number of nitrogen functional groups attached to an aromatic ring is 1. The van der Waals surface area contributed by atoms with Crippen molar-refractivity contribution < 1.29 is 19.4 Å². The van der Waals surface area contributed by atoms with Gasteiger partial charge in [-0.1, -0.05) is 12.1 Å². The van der Waals surface area contributed by atoms with Crippen LogP contribution in [0.25, 0.3) is 0 Å². The molecule has 1 rings (SSSR count). The van der Waals surface area contributed by atoms with E-state index in [-0.39, 0.29) is 6.61 Å².